The summed E-state index contributed by atoms with van der Waals surface area (Å²) in [6.45, 7) is 4.05. The fourth-order valence-electron chi connectivity index (χ4n) is 3.19. The number of nitrogens with one attached hydrogen (secondary N) is 1. The van der Waals surface area contributed by atoms with Crippen LogP contribution in [-0.2, 0) is 13.1 Å². The summed E-state index contributed by atoms with van der Waals surface area (Å²) in [7, 11) is 1.64. The Kier molecular flexibility index (Phi) is 6.50. The minimum absolute atomic E-state index is 0.399. The standard InChI is InChI=1S/C21H28N4O/c1-26-20-7-5-6-19(14-20)24-21(22)23-15-17-8-10-18(11-9-17)16-25-12-3-2-4-13-25/h5-11,14H,2-4,12-13,15-16H2,1H3,(H3,22,23,24). The third-order valence-corrected chi connectivity index (χ3v) is 4.65. The Morgan fingerprint density at radius 3 is 2.54 bits per heavy atom. The number of rotatable bonds is 6. The summed E-state index contributed by atoms with van der Waals surface area (Å²) in [5, 5.41) is 3.09. The molecule has 0 aromatic heterocycles. The fraction of sp³-hybridized carbons (Fsp3) is 0.381. The number of benzene rings is 2. The maximum Gasteiger partial charge on any atom is 0.193 e. The molecule has 0 amide bonds. The van der Waals surface area contributed by atoms with Crippen molar-refractivity contribution in [2.24, 2.45) is 10.7 Å². The summed E-state index contributed by atoms with van der Waals surface area (Å²) in [6.07, 6.45) is 4.03. The van der Waals surface area contributed by atoms with Crippen molar-refractivity contribution < 1.29 is 4.74 Å². The molecule has 1 aliphatic rings. The highest BCUT2D eigenvalue weighted by Gasteiger charge is 2.10. The predicted octanol–water partition coefficient (Wildman–Crippen LogP) is 3.61. The largest absolute Gasteiger partial charge is 0.497 e. The van der Waals surface area contributed by atoms with Gasteiger partial charge >= 0.3 is 0 Å². The van der Waals surface area contributed by atoms with Crippen molar-refractivity contribution in [3.63, 3.8) is 0 Å². The molecule has 26 heavy (non-hydrogen) atoms. The minimum atomic E-state index is 0.399. The topological polar surface area (TPSA) is 62.9 Å². The van der Waals surface area contributed by atoms with Gasteiger partial charge < -0.3 is 15.8 Å². The molecule has 0 spiro atoms. The first-order valence-corrected chi connectivity index (χ1v) is 9.24. The molecule has 5 heteroatoms. The molecule has 1 heterocycles. The molecule has 0 bridgehead atoms. The number of piperidine rings is 1. The zero-order valence-electron chi connectivity index (χ0n) is 15.4. The van der Waals surface area contributed by atoms with E-state index in [1.54, 1.807) is 7.11 Å². The smallest absolute Gasteiger partial charge is 0.193 e. The van der Waals surface area contributed by atoms with Gasteiger partial charge in [-0.15, -0.1) is 0 Å². The van der Waals surface area contributed by atoms with Crippen molar-refractivity contribution in [2.45, 2.75) is 32.4 Å². The predicted molar refractivity (Wildman–Crippen MR) is 108 cm³/mol. The van der Waals surface area contributed by atoms with Crippen LogP contribution in [0.3, 0.4) is 0 Å². The second-order valence-electron chi connectivity index (χ2n) is 6.71. The summed E-state index contributed by atoms with van der Waals surface area (Å²) in [6, 6.07) is 16.3. The van der Waals surface area contributed by atoms with Gasteiger partial charge in [0.05, 0.1) is 13.7 Å². The van der Waals surface area contributed by atoms with E-state index in [0.717, 1.165) is 23.5 Å². The van der Waals surface area contributed by atoms with Crippen LogP contribution in [0.15, 0.2) is 53.5 Å². The molecule has 1 fully saturated rings. The monoisotopic (exact) mass is 352 g/mol. The lowest BCUT2D eigenvalue weighted by atomic mass is 10.1. The van der Waals surface area contributed by atoms with E-state index in [2.05, 4.69) is 39.5 Å². The van der Waals surface area contributed by atoms with Crippen molar-refractivity contribution in [3.8, 4) is 5.75 Å². The Bertz CT molecular complexity index is 721. The van der Waals surface area contributed by atoms with Crippen LogP contribution in [0.25, 0.3) is 0 Å². The van der Waals surface area contributed by atoms with Crippen molar-refractivity contribution in [3.05, 3.63) is 59.7 Å². The third kappa shape index (κ3) is 5.49. The summed E-state index contributed by atoms with van der Waals surface area (Å²) in [5.41, 5.74) is 9.37. The van der Waals surface area contributed by atoms with Crippen LogP contribution >= 0.6 is 0 Å². The first-order valence-electron chi connectivity index (χ1n) is 9.24. The van der Waals surface area contributed by atoms with Crippen LogP contribution in [0.5, 0.6) is 5.75 Å². The van der Waals surface area contributed by atoms with Gasteiger partial charge in [0.1, 0.15) is 5.75 Å². The maximum absolute atomic E-state index is 5.99. The van der Waals surface area contributed by atoms with E-state index in [1.807, 2.05) is 24.3 Å². The van der Waals surface area contributed by atoms with Crippen LogP contribution < -0.4 is 15.8 Å². The third-order valence-electron chi connectivity index (χ3n) is 4.65. The molecule has 0 saturated carbocycles. The molecular formula is C21H28N4O. The molecule has 5 nitrogen and oxygen atoms in total. The van der Waals surface area contributed by atoms with Crippen molar-refractivity contribution in [1.29, 1.82) is 0 Å². The van der Waals surface area contributed by atoms with Gasteiger partial charge in [0.25, 0.3) is 0 Å². The highest BCUT2D eigenvalue weighted by Crippen LogP contribution is 2.17. The molecule has 3 N–H and O–H groups in total. The molecule has 1 aliphatic heterocycles. The fourth-order valence-corrected chi connectivity index (χ4v) is 3.19. The SMILES string of the molecule is COc1cccc(NC(N)=NCc2ccc(CN3CCCCC3)cc2)c1. The quantitative estimate of drug-likeness (QED) is 0.616. The van der Waals surface area contributed by atoms with Crippen LogP contribution in [0.1, 0.15) is 30.4 Å². The Balaban J connectivity index is 1.52. The highest BCUT2D eigenvalue weighted by atomic mass is 16.5. The molecule has 0 unspecified atom stereocenters. The van der Waals surface area contributed by atoms with E-state index in [-0.39, 0.29) is 0 Å². The van der Waals surface area contributed by atoms with Crippen LogP contribution in [0.4, 0.5) is 5.69 Å². The molecule has 0 atom stereocenters. The highest BCUT2D eigenvalue weighted by molar-refractivity contribution is 5.92. The molecule has 0 aliphatic carbocycles. The molecule has 2 aromatic rings. The first-order chi connectivity index (χ1) is 12.7. The van der Waals surface area contributed by atoms with Crippen LogP contribution in [-0.4, -0.2) is 31.1 Å². The average Bonchev–Trinajstić information content (AvgIpc) is 2.68. The number of nitrogens with zero attached hydrogens (tertiary/aromatic N) is 2. The van der Waals surface area contributed by atoms with Gasteiger partial charge in [-0.2, -0.15) is 0 Å². The number of anilines is 1. The van der Waals surface area contributed by atoms with Gasteiger partial charge in [0, 0.05) is 18.3 Å². The molecule has 3 rings (SSSR count). The van der Waals surface area contributed by atoms with E-state index in [9.17, 15) is 0 Å². The van der Waals surface area contributed by atoms with E-state index < -0.39 is 0 Å². The zero-order valence-corrected chi connectivity index (χ0v) is 15.4. The lowest BCUT2D eigenvalue weighted by Crippen LogP contribution is -2.29. The molecule has 0 radical (unpaired) electrons. The van der Waals surface area contributed by atoms with E-state index in [0.29, 0.717) is 12.5 Å². The average molecular weight is 352 g/mol. The summed E-state index contributed by atoms with van der Waals surface area (Å²) in [5.74, 6) is 1.18. The second kappa shape index (κ2) is 9.25. The second-order valence-corrected chi connectivity index (χ2v) is 6.71. The van der Waals surface area contributed by atoms with Gasteiger partial charge in [-0.25, -0.2) is 4.99 Å². The normalized spacial score (nSPS) is 15.7. The number of guanidine groups is 1. The summed E-state index contributed by atoms with van der Waals surface area (Å²) >= 11 is 0. The summed E-state index contributed by atoms with van der Waals surface area (Å²) in [4.78, 5) is 6.96. The lowest BCUT2D eigenvalue weighted by Gasteiger charge is -2.26. The van der Waals surface area contributed by atoms with Gasteiger partial charge in [0.15, 0.2) is 5.96 Å². The number of hydrogen-bond acceptors (Lipinski definition) is 3. The van der Waals surface area contributed by atoms with Crippen LogP contribution in [0, 0.1) is 0 Å². The molecule has 2 aromatic carbocycles. The van der Waals surface area contributed by atoms with Gasteiger partial charge in [-0.3, -0.25) is 4.90 Å². The van der Waals surface area contributed by atoms with Gasteiger partial charge in [-0.05, 0) is 49.2 Å². The van der Waals surface area contributed by atoms with Crippen LogP contribution in [0.2, 0.25) is 0 Å². The van der Waals surface area contributed by atoms with Gasteiger partial charge in [0.2, 0.25) is 0 Å². The Morgan fingerprint density at radius 2 is 1.81 bits per heavy atom. The van der Waals surface area contributed by atoms with E-state index in [1.165, 1.54) is 37.9 Å². The molecule has 138 valence electrons. The van der Waals surface area contributed by atoms with Crippen molar-refractivity contribution in [1.82, 2.24) is 4.90 Å². The number of methoxy groups -OCH3 is 1. The molecular weight excluding hydrogens is 324 g/mol. The number of aliphatic imine (C=N–C) groups is 1. The van der Waals surface area contributed by atoms with Crippen molar-refractivity contribution >= 4 is 11.6 Å². The molecule has 1 saturated heterocycles. The Morgan fingerprint density at radius 1 is 1.08 bits per heavy atom. The number of hydrogen-bond donors (Lipinski definition) is 2. The summed E-state index contributed by atoms with van der Waals surface area (Å²) < 4.78 is 5.21. The number of nitrogens with two attached hydrogens (primary N) is 1. The van der Waals surface area contributed by atoms with Crippen molar-refractivity contribution in [2.75, 3.05) is 25.5 Å². The lowest BCUT2D eigenvalue weighted by molar-refractivity contribution is 0.221. The number of likely N-dealkylation sites (tertiary alicyclic amines) is 1. The number of ether oxygens (including phenoxy) is 1. The minimum Gasteiger partial charge on any atom is -0.497 e. The van der Waals surface area contributed by atoms with Gasteiger partial charge in [-0.1, -0.05) is 36.8 Å². The van der Waals surface area contributed by atoms with E-state index >= 15 is 0 Å². The maximum atomic E-state index is 5.99. The Labute approximate surface area is 155 Å². The Hall–Kier alpha value is -2.53. The first kappa shape index (κ1) is 18.3. The zero-order chi connectivity index (χ0) is 18.2. The van der Waals surface area contributed by atoms with E-state index in [4.69, 9.17) is 10.5 Å².